The minimum absolute atomic E-state index is 0.0150. The lowest BCUT2D eigenvalue weighted by atomic mass is 10.2. The van der Waals surface area contributed by atoms with Crippen LogP contribution >= 0.6 is 0 Å². The zero-order valence-corrected chi connectivity index (χ0v) is 18.1. The van der Waals surface area contributed by atoms with Gasteiger partial charge in [-0.1, -0.05) is 12.1 Å². The van der Waals surface area contributed by atoms with Crippen molar-refractivity contribution in [1.82, 2.24) is 9.29 Å². The second-order valence-corrected chi connectivity index (χ2v) is 11.1. The van der Waals surface area contributed by atoms with Crippen LogP contribution in [0.3, 0.4) is 0 Å². The summed E-state index contributed by atoms with van der Waals surface area (Å²) in [5.74, 6) is -0.0197. The molecule has 0 saturated carbocycles. The van der Waals surface area contributed by atoms with Gasteiger partial charge in [-0.15, -0.1) is 0 Å². The molecule has 3 heterocycles. The van der Waals surface area contributed by atoms with Crippen LogP contribution in [0, 0.1) is 6.92 Å². The molecule has 2 aliphatic rings. The molecule has 1 amide bonds. The van der Waals surface area contributed by atoms with Crippen molar-refractivity contribution in [2.45, 2.75) is 18.2 Å². The molecule has 2 aliphatic heterocycles. The molecule has 2 fully saturated rings. The van der Waals surface area contributed by atoms with Gasteiger partial charge in [-0.3, -0.25) is 4.79 Å². The topological polar surface area (TPSA) is 108 Å². The maximum atomic E-state index is 13.3. The molecule has 4 rings (SSSR count). The van der Waals surface area contributed by atoms with E-state index in [1.807, 2.05) is 23.1 Å². The van der Waals surface area contributed by atoms with Crippen LogP contribution in [-0.4, -0.2) is 64.0 Å². The van der Waals surface area contributed by atoms with Gasteiger partial charge in [-0.2, -0.15) is 4.31 Å². The lowest BCUT2D eigenvalue weighted by Crippen LogP contribution is -2.49. The average molecular weight is 451 g/mol. The van der Waals surface area contributed by atoms with Crippen molar-refractivity contribution in [2.75, 3.05) is 41.1 Å². The largest absolute Gasteiger partial charge is 0.354 e. The average Bonchev–Trinajstić information content (AvgIpc) is 3.01. The fourth-order valence-electron chi connectivity index (χ4n) is 3.70. The molecular weight excluding hydrogens is 428 g/mol. The zero-order valence-electron chi connectivity index (χ0n) is 16.4. The summed E-state index contributed by atoms with van der Waals surface area (Å²) >= 11 is 0. The van der Waals surface area contributed by atoms with Gasteiger partial charge in [0.2, 0.25) is 26.0 Å². The number of anilines is 2. The molecule has 0 bridgehead atoms. The first-order chi connectivity index (χ1) is 14.2. The maximum Gasteiger partial charge on any atom is 0.243 e. The number of rotatable bonds is 4. The highest BCUT2D eigenvalue weighted by Crippen LogP contribution is 2.30. The van der Waals surface area contributed by atoms with Gasteiger partial charge in [0.15, 0.2) is 0 Å². The van der Waals surface area contributed by atoms with Gasteiger partial charge < -0.3 is 4.90 Å². The van der Waals surface area contributed by atoms with Crippen molar-refractivity contribution < 1.29 is 21.6 Å². The number of sulfonamides is 2. The Bertz CT molecular complexity index is 1170. The third-order valence-electron chi connectivity index (χ3n) is 5.31. The van der Waals surface area contributed by atoms with Gasteiger partial charge in [0.25, 0.3) is 0 Å². The summed E-state index contributed by atoms with van der Waals surface area (Å²) in [7, 11) is -7.62. The van der Waals surface area contributed by atoms with Crippen LogP contribution in [0.15, 0.2) is 47.5 Å². The summed E-state index contributed by atoms with van der Waals surface area (Å²) in [6, 6.07) is 9.88. The summed E-state index contributed by atoms with van der Waals surface area (Å²) in [5.41, 5.74) is 0.559. The van der Waals surface area contributed by atoms with Crippen molar-refractivity contribution in [2.24, 2.45) is 0 Å². The minimum atomic E-state index is -3.85. The van der Waals surface area contributed by atoms with Crippen LogP contribution in [0.1, 0.15) is 12.0 Å². The number of pyridine rings is 1. The van der Waals surface area contributed by atoms with Crippen LogP contribution in [0.5, 0.6) is 0 Å². The Kier molecular flexibility index (Phi) is 5.28. The first-order valence-corrected chi connectivity index (χ1v) is 12.6. The number of hydrogen-bond acceptors (Lipinski definition) is 7. The molecular formula is C19H22N4O5S2. The fraction of sp³-hybridized carbons (Fsp3) is 0.368. The molecule has 2 saturated heterocycles. The second-order valence-electron chi connectivity index (χ2n) is 7.25. The predicted octanol–water partition coefficient (Wildman–Crippen LogP) is 0.967. The molecule has 9 nitrogen and oxygen atoms in total. The lowest BCUT2D eigenvalue weighted by Gasteiger charge is -2.35. The quantitative estimate of drug-likeness (QED) is 0.683. The van der Waals surface area contributed by atoms with E-state index in [4.69, 9.17) is 0 Å². The molecule has 1 aromatic carbocycles. The summed E-state index contributed by atoms with van der Waals surface area (Å²) in [6.45, 7) is 3.20. The normalized spacial score (nSPS) is 20.0. The van der Waals surface area contributed by atoms with Crippen LogP contribution in [0.2, 0.25) is 0 Å². The van der Waals surface area contributed by atoms with E-state index in [1.54, 1.807) is 13.1 Å². The lowest BCUT2D eigenvalue weighted by molar-refractivity contribution is -0.116. The number of carbonyl (C=O) groups is 1. The number of nitrogens with zero attached hydrogens (tertiary/aromatic N) is 4. The molecule has 1 aromatic heterocycles. The Balaban J connectivity index is 1.60. The Morgan fingerprint density at radius 3 is 2.37 bits per heavy atom. The Labute approximate surface area is 176 Å². The highest BCUT2D eigenvalue weighted by Gasteiger charge is 2.37. The minimum Gasteiger partial charge on any atom is -0.354 e. The Morgan fingerprint density at radius 1 is 1.03 bits per heavy atom. The Hall–Kier alpha value is -2.50. The van der Waals surface area contributed by atoms with E-state index in [0.29, 0.717) is 23.0 Å². The molecule has 0 atom stereocenters. The highest BCUT2D eigenvalue weighted by molar-refractivity contribution is 7.94. The summed E-state index contributed by atoms with van der Waals surface area (Å²) in [6.07, 6.45) is 1.59. The number of hydrogen-bond donors (Lipinski definition) is 0. The van der Waals surface area contributed by atoms with Crippen molar-refractivity contribution in [3.63, 3.8) is 0 Å². The van der Waals surface area contributed by atoms with Gasteiger partial charge >= 0.3 is 0 Å². The van der Waals surface area contributed by atoms with Crippen molar-refractivity contribution in [3.05, 3.63) is 48.2 Å². The van der Waals surface area contributed by atoms with E-state index in [2.05, 4.69) is 4.98 Å². The number of carbonyl (C=O) groups excluding carboxylic acids is 1. The summed E-state index contributed by atoms with van der Waals surface area (Å²) in [4.78, 5) is 18.4. The van der Waals surface area contributed by atoms with Crippen molar-refractivity contribution in [1.29, 1.82) is 0 Å². The van der Waals surface area contributed by atoms with Crippen LogP contribution in [0.4, 0.5) is 11.5 Å². The highest BCUT2D eigenvalue weighted by atomic mass is 32.2. The maximum absolute atomic E-state index is 13.3. The van der Waals surface area contributed by atoms with Crippen LogP contribution < -0.4 is 9.21 Å². The molecule has 0 radical (unpaired) electrons. The predicted molar refractivity (Wildman–Crippen MR) is 112 cm³/mol. The standard InChI is InChI=1S/C19H22N4O5S2/c1-15-5-6-16(23-19(24)7-13-29(23,25)26)14-17(15)30(27,28)22-11-9-21(10-12-22)18-4-2-3-8-20-18/h2-6,8,14H,7,9-13H2,1H3. The van der Waals surface area contributed by atoms with E-state index >= 15 is 0 Å². The van der Waals surface area contributed by atoms with Crippen LogP contribution in [0.25, 0.3) is 0 Å². The van der Waals surface area contributed by atoms with Gasteiger partial charge in [0, 0.05) is 38.8 Å². The first-order valence-electron chi connectivity index (χ1n) is 9.53. The number of aryl methyl sites for hydroxylation is 1. The summed E-state index contributed by atoms with van der Waals surface area (Å²) < 4.78 is 53.2. The van der Waals surface area contributed by atoms with Gasteiger partial charge in [0.05, 0.1) is 16.3 Å². The number of piperazine rings is 1. The smallest absolute Gasteiger partial charge is 0.243 e. The third-order valence-corrected chi connectivity index (χ3v) is 9.05. The molecule has 30 heavy (non-hydrogen) atoms. The van der Waals surface area contributed by atoms with E-state index in [0.717, 1.165) is 5.82 Å². The fourth-order valence-corrected chi connectivity index (χ4v) is 6.82. The van der Waals surface area contributed by atoms with Crippen LogP contribution in [-0.2, 0) is 24.8 Å². The van der Waals surface area contributed by atoms with Crippen molar-refractivity contribution >= 4 is 37.5 Å². The molecule has 0 aliphatic carbocycles. The molecule has 2 aromatic rings. The van der Waals surface area contributed by atoms with Crippen molar-refractivity contribution in [3.8, 4) is 0 Å². The molecule has 0 unspecified atom stereocenters. The third kappa shape index (κ3) is 3.68. The van der Waals surface area contributed by atoms with Gasteiger partial charge in [-0.25, -0.2) is 26.1 Å². The SMILES string of the molecule is Cc1ccc(N2C(=O)CCS2(=O)=O)cc1S(=O)(=O)N1CCN(c2ccccn2)CC1. The zero-order chi connectivity index (χ0) is 21.5. The first kappa shape index (κ1) is 20.8. The molecule has 11 heteroatoms. The Morgan fingerprint density at radius 2 is 1.77 bits per heavy atom. The van der Waals surface area contributed by atoms with Gasteiger partial charge in [0.1, 0.15) is 5.82 Å². The number of aromatic nitrogens is 1. The summed E-state index contributed by atoms with van der Waals surface area (Å²) in [5, 5.41) is 0. The van der Waals surface area contributed by atoms with Gasteiger partial charge in [-0.05, 0) is 36.8 Å². The number of amides is 1. The van der Waals surface area contributed by atoms with E-state index in [-0.39, 0.29) is 35.8 Å². The second kappa shape index (κ2) is 7.64. The molecule has 160 valence electrons. The number of benzene rings is 1. The van der Waals surface area contributed by atoms with E-state index in [9.17, 15) is 21.6 Å². The van der Waals surface area contributed by atoms with E-state index < -0.39 is 26.0 Å². The molecule has 0 N–H and O–H groups in total. The van der Waals surface area contributed by atoms with E-state index in [1.165, 1.54) is 22.5 Å². The monoisotopic (exact) mass is 450 g/mol. The molecule has 0 spiro atoms.